The number of aromatic carboxylic acids is 1. The molecule has 0 radical (unpaired) electrons. The van der Waals surface area contributed by atoms with Crippen LogP contribution < -0.4 is 15.1 Å². The van der Waals surface area contributed by atoms with Crippen LogP contribution in [0.15, 0.2) is 36.5 Å². The molecule has 2 N–H and O–H groups in total. The van der Waals surface area contributed by atoms with E-state index in [-0.39, 0.29) is 17.8 Å². The third-order valence-corrected chi connectivity index (χ3v) is 4.29. The summed E-state index contributed by atoms with van der Waals surface area (Å²) in [5.41, 5.74) is 0.705. The van der Waals surface area contributed by atoms with Crippen molar-refractivity contribution < 1.29 is 14.7 Å². The Morgan fingerprint density at radius 2 is 2.04 bits per heavy atom. The summed E-state index contributed by atoms with van der Waals surface area (Å²) >= 11 is 0. The Kier molecular flexibility index (Phi) is 5.01. The van der Waals surface area contributed by atoms with E-state index in [1.54, 1.807) is 35.4 Å². The molecule has 2 aliphatic heterocycles. The lowest BCUT2D eigenvalue weighted by Crippen LogP contribution is -2.48. The van der Waals surface area contributed by atoms with Crippen molar-refractivity contribution in [3.05, 3.63) is 42.2 Å². The highest BCUT2D eigenvalue weighted by Crippen LogP contribution is 2.39. The summed E-state index contributed by atoms with van der Waals surface area (Å²) in [6.07, 6.45) is 2.41. The van der Waals surface area contributed by atoms with Gasteiger partial charge in [0.05, 0.1) is 11.7 Å². The van der Waals surface area contributed by atoms with Crippen molar-refractivity contribution in [1.29, 1.82) is 0 Å². The molecule has 4 heterocycles. The monoisotopic (exact) mass is 355 g/mol. The summed E-state index contributed by atoms with van der Waals surface area (Å²) in [4.78, 5) is 36.0. The maximum absolute atomic E-state index is 12.8. The van der Waals surface area contributed by atoms with Gasteiger partial charge in [0, 0.05) is 19.3 Å². The van der Waals surface area contributed by atoms with Crippen LogP contribution in [0.25, 0.3) is 0 Å². The van der Waals surface area contributed by atoms with Crippen LogP contribution in [-0.2, 0) is 0 Å². The van der Waals surface area contributed by atoms with Crippen LogP contribution in [0.5, 0.6) is 0 Å². The van der Waals surface area contributed by atoms with E-state index in [9.17, 15) is 14.7 Å². The summed E-state index contributed by atoms with van der Waals surface area (Å²) < 4.78 is 0. The number of anilines is 3. The lowest BCUT2D eigenvalue weighted by Gasteiger charge is -2.35. The normalized spacial score (nSPS) is 17.1. The zero-order chi connectivity index (χ0) is 18.7. The number of nitrogens with zero attached hydrogens (tertiary/aromatic N) is 4. The third kappa shape index (κ3) is 3.17. The Morgan fingerprint density at radius 3 is 2.73 bits per heavy atom. The summed E-state index contributed by atoms with van der Waals surface area (Å²) in [6, 6.07) is 8.05. The second-order valence-corrected chi connectivity index (χ2v) is 5.75. The van der Waals surface area contributed by atoms with E-state index in [0.717, 1.165) is 25.2 Å². The second kappa shape index (κ2) is 7.38. The van der Waals surface area contributed by atoms with E-state index in [4.69, 9.17) is 0 Å². The van der Waals surface area contributed by atoms with Crippen molar-refractivity contribution in [3.63, 3.8) is 0 Å². The number of hydrogen-bond donors (Lipinski definition) is 2. The van der Waals surface area contributed by atoms with Crippen molar-refractivity contribution in [3.8, 4) is 0 Å². The van der Waals surface area contributed by atoms with Crippen LogP contribution in [-0.4, -0.2) is 46.2 Å². The molecule has 1 unspecified atom stereocenters. The van der Waals surface area contributed by atoms with Crippen LogP contribution in [0.1, 0.15) is 30.8 Å². The number of amides is 2. The largest absolute Gasteiger partial charge is 0.477 e. The number of nitrogens with one attached hydrogen (secondary N) is 1. The molecule has 2 amide bonds. The number of urea groups is 1. The van der Waals surface area contributed by atoms with E-state index in [1.165, 1.54) is 6.07 Å². The number of carboxylic acids is 1. The first-order chi connectivity index (χ1) is 12.6. The number of aromatic nitrogens is 2. The molecule has 2 bridgehead atoms. The lowest BCUT2D eigenvalue weighted by atomic mass is 10.2. The first-order valence-corrected chi connectivity index (χ1v) is 8.64. The van der Waals surface area contributed by atoms with Gasteiger partial charge in [-0.05, 0) is 30.7 Å². The van der Waals surface area contributed by atoms with Gasteiger partial charge in [-0.3, -0.25) is 10.2 Å². The number of pyridine rings is 2. The highest BCUT2D eigenvalue weighted by molar-refractivity contribution is 6.04. The molecule has 8 nitrogen and oxygen atoms in total. The zero-order valence-electron chi connectivity index (χ0n) is 14.7. The van der Waals surface area contributed by atoms with Crippen molar-refractivity contribution in [2.45, 2.75) is 26.3 Å². The summed E-state index contributed by atoms with van der Waals surface area (Å²) in [5.74, 6) is -0.285. The fraction of sp³-hybridized carbons (Fsp3) is 0.333. The maximum atomic E-state index is 12.8. The predicted octanol–water partition coefficient (Wildman–Crippen LogP) is 2.83. The minimum absolute atomic E-state index is 0.0299. The summed E-state index contributed by atoms with van der Waals surface area (Å²) in [7, 11) is 0. The van der Waals surface area contributed by atoms with Gasteiger partial charge in [0.1, 0.15) is 5.82 Å². The molecule has 4 rings (SSSR count). The first-order valence-electron chi connectivity index (χ1n) is 8.64. The zero-order valence-corrected chi connectivity index (χ0v) is 14.7. The first kappa shape index (κ1) is 17.7. The molecule has 1 atom stereocenters. The molecular weight excluding hydrogens is 334 g/mol. The molecule has 2 aromatic heterocycles. The van der Waals surface area contributed by atoms with Crippen molar-refractivity contribution in [2.75, 3.05) is 28.2 Å². The topological polar surface area (TPSA) is 98.7 Å². The van der Waals surface area contributed by atoms with E-state index in [0.29, 0.717) is 11.6 Å². The van der Waals surface area contributed by atoms with Crippen LogP contribution in [0.3, 0.4) is 0 Å². The van der Waals surface area contributed by atoms with Crippen LogP contribution in [0, 0.1) is 0 Å². The smallest absolute Gasteiger partial charge is 0.354 e. The van der Waals surface area contributed by atoms with Crippen LogP contribution in [0.4, 0.5) is 22.1 Å². The highest BCUT2D eigenvalue weighted by atomic mass is 16.4. The van der Waals surface area contributed by atoms with Gasteiger partial charge in [-0.1, -0.05) is 19.9 Å². The average Bonchev–Trinajstić information content (AvgIpc) is 3.08. The van der Waals surface area contributed by atoms with Gasteiger partial charge in [-0.15, -0.1) is 0 Å². The van der Waals surface area contributed by atoms with E-state index in [1.807, 2.05) is 13.8 Å². The van der Waals surface area contributed by atoms with Crippen LogP contribution in [0.2, 0.25) is 0 Å². The predicted molar refractivity (Wildman–Crippen MR) is 98.9 cm³/mol. The van der Waals surface area contributed by atoms with Crippen molar-refractivity contribution >= 4 is 29.3 Å². The Labute approximate surface area is 151 Å². The van der Waals surface area contributed by atoms with Gasteiger partial charge in [-0.2, -0.15) is 0 Å². The Bertz CT molecular complexity index is 812. The number of fused-ring (bicyclic) bond motifs is 4. The number of carboxylic acid groups (broad SMARTS) is 1. The molecule has 1 saturated heterocycles. The quantitative estimate of drug-likeness (QED) is 0.859. The van der Waals surface area contributed by atoms with E-state index < -0.39 is 5.97 Å². The minimum atomic E-state index is -1.11. The van der Waals surface area contributed by atoms with Crippen LogP contribution >= 0.6 is 0 Å². The minimum Gasteiger partial charge on any atom is -0.477 e. The molecule has 0 spiro atoms. The molecule has 26 heavy (non-hydrogen) atoms. The van der Waals surface area contributed by atoms with E-state index >= 15 is 0 Å². The number of carbonyl (C=O) groups is 2. The molecule has 1 fully saturated rings. The van der Waals surface area contributed by atoms with Crippen molar-refractivity contribution in [2.24, 2.45) is 0 Å². The Hall–Kier alpha value is -3.16. The van der Waals surface area contributed by atoms with Gasteiger partial charge in [0.2, 0.25) is 0 Å². The van der Waals surface area contributed by atoms with Gasteiger partial charge in [0.25, 0.3) is 0 Å². The van der Waals surface area contributed by atoms with E-state index in [2.05, 4.69) is 20.2 Å². The molecule has 0 aliphatic carbocycles. The Morgan fingerprint density at radius 1 is 1.23 bits per heavy atom. The molecule has 136 valence electrons. The van der Waals surface area contributed by atoms with Gasteiger partial charge >= 0.3 is 12.0 Å². The fourth-order valence-corrected chi connectivity index (χ4v) is 3.20. The lowest BCUT2D eigenvalue weighted by molar-refractivity contribution is 0.0690. The Balaban J connectivity index is 0.000000948. The third-order valence-electron chi connectivity index (χ3n) is 4.29. The molecule has 0 saturated carbocycles. The highest BCUT2D eigenvalue weighted by Gasteiger charge is 2.40. The standard InChI is InChI=1S/C16H15N5O3.C2H6/c22-15(23)11-4-5-12-14(18-11)21(10-6-8-20(12)9-10)16(24)19-13-3-1-2-7-17-13;1-2/h1-5,7,10H,6,8-9H2,(H,22,23)(H,17,19,24);1-2H3. The SMILES string of the molecule is CC.O=C(O)c1ccc2c(n1)N(C(=O)Nc1ccccn1)C1CCN2C1. The van der Waals surface area contributed by atoms with Crippen molar-refractivity contribution in [1.82, 2.24) is 9.97 Å². The average molecular weight is 355 g/mol. The molecule has 8 heteroatoms. The molecule has 2 aromatic rings. The molecular formula is C18H21N5O3. The molecule has 2 aliphatic rings. The summed E-state index contributed by atoms with van der Waals surface area (Å²) in [6.45, 7) is 5.54. The van der Waals surface area contributed by atoms with Gasteiger partial charge < -0.3 is 10.0 Å². The summed E-state index contributed by atoms with van der Waals surface area (Å²) in [5, 5.41) is 11.9. The van der Waals surface area contributed by atoms with Gasteiger partial charge in [0.15, 0.2) is 11.5 Å². The second-order valence-electron chi connectivity index (χ2n) is 5.75. The number of rotatable bonds is 2. The fourth-order valence-electron chi connectivity index (χ4n) is 3.20. The maximum Gasteiger partial charge on any atom is 0.354 e. The number of carbonyl (C=O) groups excluding carboxylic acids is 1. The molecule has 0 aromatic carbocycles. The van der Waals surface area contributed by atoms with Gasteiger partial charge in [-0.25, -0.2) is 19.6 Å². The number of hydrogen-bond acceptors (Lipinski definition) is 5.